The van der Waals surface area contributed by atoms with Crippen LogP contribution in [0.15, 0.2) is 0 Å². The van der Waals surface area contributed by atoms with Gasteiger partial charge in [0, 0.05) is 25.2 Å². The second-order valence-electron chi connectivity index (χ2n) is 5.15. The Morgan fingerprint density at radius 2 is 2.18 bits per heavy atom. The minimum Gasteiger partial charge on any atom is -0.481 e. The predicted molar refractivity (Wildman–Crippen MR) is 63.9 cm³/mol. The van der Waals surface area contributed by atoms with Crippen LogP contribution < -0.4 is 5.32 Å². The Hall–Kier alpha value is -0.650. The average molecular weight is 242 g/mol. The van der Waals surface area contributed by atoms with E-state index in [-0.39, 0.29) is 6.42 Å². The number of carboxylic acids is 1. The third kappa shape index (κ3) is 3.40. The molecule has 5 heteroatoms. The van der Waals surface area contributed by atoms with Crippen molar-refractivity contribution in [3.8, 4) is 0 Å². The molecule has 2 fully saturated rings. The van der Waals surface area contributed by atoms with Gasteiger partial charge in [0.15, 0.2) is 0 Å². The molecule has 2 heterocycles. The number of rotatable bonds is 5. The molecule has 17 heavy (non-hydrogen) atoms. The number of piperidine rings is 1. The van der Waals surface area contributed by atoms with Crippen LogP contribution in [0.1, 0.15) is 32.1 Å². The third-order valence-corrected chi connectivity index (χ3v) is 3.88. The lowest BCUT2D eigenvalue weighted by Gasteiger charge is -2.33. The minimum atomic E-state index is -0.940. The van der Waals surface area contributed by atoms with Gasteiger partial charge in [0.25, 0.3) is 0 Å². The number of aliphatic carboxylic acids is 1. The first kappa shape index (κ1) is 12.8. The molecule has 0 amide bonds. The smallest absolute Gasteiger partial charge is 0.306 e. The summed E-state index contributed by atoms with van der Waals surface area (Å²) < 4.78 is 0. The van der Waals surface area contributed by atoms with Crippen molar-refractivity contribution in [3.63, 3.8) is 0 Å². The number of nitrogens with zero attached hydrogens (tertiary/aromatic N) is 1. The summed E-state index contributed by atoms with van der Waals surface area (Å²) >= 11 is 0. The predicted octanol–water partition coefficient (Wildman–Crippen LogP) is 0.0384. The highest BCUT2D eigenvalue weighted by Crippen LogP contribution is 2.26. The van der Waals surface area contributed by atoms with E-state index in [0.717, 1.165) is 13.0 Å². The van der Waals surface area contributed by atoms with E-state index in [0.29, 0.717) is 18.6 Å². The van der Waals surface area contributed by atoms with Crippen LogP contribution in [0.4, 0.5) is 0 Å². The zero-order valence-electron chi connectivity index (χ0n) is 10.1. The first-order valence-corrected chi connectivity index (χ1v) is 6.54. The van der Waals surface area contributed by atoms with Gasteiger partial charge in [-0.1, -0.05) is 6.42 Å². The molecule has 0 saturated carbocycles. The molecule has 0 spiro atoms. The summed E-state index contributed by atoms with van der Waals surface area (Å²) in [5.74, 6) is -0.940. The Morgan fingerprint density at radius 1 is 1.35 bits per heavy atom. The zero-order valence-corrected chi connectivity index (χ0v) is 10.1. The normalized spacial score (nSPS) is 31.1. The second-order valence-corrected chi connectivity index (χ2v) is 5.15. The summed E-state index contributed by atoms with van der Waals surface area (Å²) in [6.45, 7) is 2.72. The molecule has 0 radical (unpaired) electrons. The quantitative estimate of drug-likeness (QED) is 0.635. The van der Waals surface area contributed by atoms with E-state index >= 15 is 0 Å². The van der Waals surface area contributed by atoms with Crippen molar-refractivity contribution in [3.05, 3.63) is 0 Å². The summed E-state index contributed by atoms with van der Waals surface area (Å²) in [7, 11) is 0. The fourth-order valence-electron chi connectivity index (χ4n) is 3.05. The summed E-state index contributed by atoms with van der Waals surface area (Å²) in [6.07, 6.45) is 3.98. The third-order valence-electron chi connectivity index (χ3n) is 3.88. The molecule has 3 atom stereocenters. The minimum absolute atomic E-state index is 0.173. The molecule has 0 bridgehead atoms. The van der Waals surface area contributed by atoms with E-state index < -0.39 is 12.1 Å². The van der Waals surface area contributed by atoms with Crippen LogP contribution in [-0.4, -0.2) is 58.9 Å². The van der Waals surface area contributed by atoms with Crippen LogP contribution in [0, 0.1) is 0 Å². The molecule has 0 aliphatic carbocycles. The summed E-state index contributed by atoms with van der Waals surface area (Å²) in [4.78, 5) is 13.0. The van der Waals surface area contributed by atoms with E-state index in [9.17, 15) is 9.90 Å². The van der Waals surface area contributed by atoms with Gasteiger partial charge in [-0.15, -0.1) is 0 Å². The number of hydrogen-bond donors (Lipinski definition) is 3. The maximum atomic E-state index is 10.4. The number of nitrogens with one attached hydrogen (secondary N) is 1. The highest BCUT2D eigenvalue weighted by Gasteiger charge is 2.35. The van der Waals surface area contributed by atoms with Gasteiger partial charge in [0.2, 0.25) is 0 Å². The molecule has 0 aromatic heterocycles. The van der Waals surface area contributed by atoms with E-state index in [2.05, 4.69) is 10.2 Å². The summed E-state index contributed by atoms with van der Waals surface area (Å²) in [5.41, 5.74) is 0. The molecule has 2 aliphatic heterocycles. The molecule has 2 saturated heterocycles. The van der Waals surface area contributed by atoms with Gasteiger partial charge < -0.3 is 15.5 Å². The Balaban J connectivity index is 1.74. The van der Waals surface area contributed by atoms with Crippen LogP contribution in [0.3, 0.4) is 0 Å². The Kier molecular flexibility index (Phi) is 4.36. The van der Waals surface area contributed by atoms with Crippen molar-refractivity contribution in [2.45, 2.75) is 50.3 Å². The lowest BCUT2D eigenvalue weighted by molar-refractivity contribution is -0.139. The topological polar surface area (TPSA) is 72.8 Å². The van der Waals surface area contributed by atoms with Crippen molar-refractivity contribution in [2.75, 3.05) is 19.6 Å². The molecule has 3 unspecified atom stereocenters. The molecule has 2 aliphatic rings. The Bertz CT molecular complexity index is 272. The number of aliphatic hydroxyl groups is 1. The van der Waals surface area contributed by atoms with Crippen molar-refractivity contribution >= 4 is 5.97 Å². The van der Waals surface area contributed by atoms with Crippen molar-refractivity contribution in [2.24, 2.45) is 0 Å². The molecule has 98 valence electrons. The highest BCUT2D eigenvalue weighted by molar-refractivity contribution is 5.67. The number of fused-ring (bicyclic) bond motifs is 1. The maximum absolute atomic E-state index is 10.4. The Morgan fingerprint density at radius 3 is 2.94 bits per heavy atom. The van der Waals surface area contributed by atoms with Crippen LogP contribution in [-0.2, 0) is 4.79 Å². The van der Waals surface area contributed by atoms with E-state index in [1.807, 2.05) is 0 Å². The van der Waals surface area contributed by atoms with Gasteiger partial charge in [0.1, 0.15) is 0 Å². The molecule has 0 aromatic carbocycles. The fourth-order valence-corrected chi connectivity index (χ4v) is 3.05. The van der Waals surface area contributed by atoms with Crippen LogP contribution in [0.5, 0.6) is 0 Å². The number of hydrogen-bond acceptors (Lipinski definition) is 4. The molecule has 2 rings (SSSR count). The van der Waals surface area contributed by atoms with Gasteiger partial charge in [0.05, 0.1) is 12.5 Å². The average Bonchev–Trinajstić information content (AvgIpc) is 2.69. The zero-order chi connectivity index (χ0) is 12.3. The SMILES string of the molecule is O=C(O)CC(O)CNC1CCN2CCCCC12. The molecule has 5 nitrogen and oxygen atoms in total. The van der Waals surface area contributed by atoms with Gasteiger partial charge in [-0.25, -0.2) is 0 Å². The standard InChI is InChI=1S/C12H22N2O3/c15-9(7-12(16)17)8-13-10-4-6-14-5-2-1-3-11(10)14/h9-11,13,15H,1-8H2,(H,16,17). The molecular weight excluding hydrogens is 220 g/mol. The van der Waals surface area contributed by atoms with E-state index in [4.69, 9.17) is 5.11 Å². The number of carboxylic acid groups (broad SMARTS) is 1. The number of aliphatic hydroxyl groups excluding tert-OH is 1. The van der Waals surface area contributed by atoms with Crippen molar-refractivity contribution in [1.82, 2.24) is 10.2 Å². The maximum Gasteiger partial charge on any atom is 0.306 e. The lowest BCUT2D eigenvalue weighted by atomic mass is 9.99. The van der Waals surface area contributed by atoms with Crippen molar-refractivity contribution < 1.29 is 15.0 Å². The lowest BCUT2D eigenvalue weighted by Crippen LogP contribution is -2.46. The monoisotopic (exact) mass is 242 g/mol. The van der Waals surface area contributed by atoms with Gasteiger partial charge in [-0.3, -0.25) is 9.69 Å². The Labute approximate surface area is 102 Å². The molecule has 3 N–H and O–H groups in total. The molecular formula is C12H22N2O3. The number of carbonyl (C=O) groups is 1. The fraction of sp³-hybridized carbons (Fsp3) is 0.917. The van der Waals surface area contributed by atoms with E-state index in [1.54, 1.807) is 0 Å². The van der Waals surface area contributed by atoms with Crippen LogP contribution in [0.25, 0.3) is 0 Å². The first-order valence-electron chi connectivity index (χ1n) is 6.54. The first-order chi connectivity index (χ1) is 8.16. The highest BCUT2D eigenvalue weighted by atomic mass is 16.4. The molecule has 0 aromatic rings. The summed E-state index contributed by atoms with van der Waals surface area (Å²) in [6, 6.07) is 1.03. The van der Waals surface area contributed by atoms with Gasteiger partial charge in [-0.05, 0) is 25.8 Å². The van der Waals surface area contributed by atoms with Crippen LogP contribution in [0.2, 0.25) is 0 Å². The van der Waals surface area contributed by atoms with E-state index in [1.165, 1.54) is 25.8 Å². The largest absolute Gasteiger partial charge is 0.481 e. The van der Waals surface area contributed by atoms with Crippen molar-refractivity contribution in [1.29, 1.82) is 0 Å². The van der Waals surface area contributed by atoms with Gasteiger partial charge in [-0.2, -0.15) is 0 Å². The second kappa shape index (κ2) is 5.80. The van der Waals surface area contributed by atoms with Gasteiger partial charge >= 0.3 is 5.97 Å². The van der Waals surface area contributed by atoms with Crippen LogP contribution >= 0.6 is 0 Å². The summed E-state index contributed by atoms with van der Waals surface area (Å²) in [5, 5.41) is 21.4.